The summed E-state index contributed by atoms with van der Waals surface area (Å²) >= 11 is 12.0. The number of rotatable bonds is 4. The van der Waals surface area contributed by atoms with Gasteiger partial charge in [0.25, 0.3) is 5.56 Å². The maximum absolute atomic E-state index is 13.4. The Balaban J connectivity index is 1.97. The van der Waals surface area contributed by atoms with Crippen molar-refractivity contribution in [1.82, 2.24) is 4.57 Å². The molecular formula is C21H16BrClN2O4S2. The molecule has 1 N–H and O–H groups in total. The molecule has 3 aromatic rings. The summed E-state index contributed by atoms with van der Waals surface area (Å²) in [5, 5.41) is 12.7. The lowest BCUT2D eigenvalue weighted by atomic mass is 10.0. The molecule has 0 spiro atoms. The number of fused-ring (bicyclic) bond motifs is 1. The van der Waals surface area contributed by atoms with Gasteiger partial charge < -0.3 is 9.84 Å². The van der Waals surface area contributed by atoms with Crippen LogP contribution in [0.15, 0.2) is 55.2 Å². The van der Waals surface area contributed by atoms with Gasteiger partial charge in [-0.05, 0) is 59.4 Å². The van der Waals surface area contributed by atoms with Gasteiger partial charge in [0.2, 0.25) is 0 Å². The van der Waals surface area contributed by atoms with E-state index >= 15 is 0 Å². The molecule has 0 saturated carbocycles. The van der Waals surface area contributed by atoms with Crippen molar-refractivity contribution in [2.45, 2.75) is 19.9 Å². The number of hydrogen-bond donors (Lipinski definition) is 1. The van der Waals surface area contributed by atoms with E-state index in [0.29, 0.717) is 35.7 Å². The van der Waals surface area contributed by atoms with Crippen LogP contribution in [0, 0.1) is 0 Å². The van der Waals surface area contributed by atoms with Crippen LogP contribution in [0.2, 0.25) is 5.02 Å². The van der Waals surface area contributed by atoms with Crippen LogP contribution in [-0.2, 0) is 9.53 Å². The van der Waals surface area contributed by atoms with Crippen LogP contribution in [0.4, 0.5) is 0 Å². The van der Waals surface area contributed by atoms with Crippen molar-refractivity contribution >= 4 is 62.2 Å². The normalized spacial score (nSPS) is 16.3. The molecule has 0 amide bonds. The zero-order chi connectivity index (χ0) is 22.3. The van der Waals surface area contributed by atoms with E-state index in [1.807, 2.05) is 17.5 Å². The summed E-state index contributed by atoms with van der Waals surface area (Å²) in [4.78, 5) is 32.0. The Bertz CT molecular complexity index is 1390. The Hall–Kier alpha value is -2.20. The van der Waals surface area contributed by atoms with E-state index in [4.69, 9.17) is 16.3 Å². The van der Waals surface area contributed by atoms with Gasteiger partial charge >= 0.3 is 5.97 Å². The lowest BCUT2D eigenvalue weighted by Crippen LogP contribution is -2.39. The first kappa shape index (κ1) is 22.0. The number of benzene rings is 1. The van der Waals surface area contributed by atoms with Gasteiger partial charge in [-0.3, -0.25) is 9.36 Å². The Morgan fingerprint density at radius 1 is 1.45 bits per heavy atom. The van der Waals surface area contributed by atoms with Gasteiger partial charge in [0.1, 0.15) is 11.8 Å². The molecule has 1 aliphatic heterocycles. The highest BCUT2D eigenvalue weighted by molar-refractivity contribution is 9.10. The average Bonchev–Trinajstić information content (AvgIpc) is 3.34. The summed E-state index contributed by atoms with van der Waals surface area (Å²) in [6.45, 7) is 3.70. The van der Waals surface area contributed by atoms with E-state index < -0.39 is 12.0 Å². The van der Waals surface area contributed by atoms with Gasteiger partial charge in [-0.2, -0.15) is 0 Å². The van der Waals surface area contributed by atoms with Gasteiger partial charge in [-0.25, -0.2) is 9.79 Å². The number of phenols is 1. The third kappa shape index (κ3) is 4.03. The van der Waals surface area contributed by atoms with E-state index in [-0.39, 0.29) is 17.9 Å². The molecule has 2 aromatic heterocycles. The number of aromatic nitrogens is 1. The summed E-state index contributed by atoms with van der Waals surface area (Å²) in [6.07, 6.45) is 1.57. The highest BCUT2D eigenvalue weighted by Crippen LogP contribution is 2.34. The van der Waals surface area contributed by atoms with Gasteiger partial charge in [0, 0.05) is 15.5 Å². The van der Waals surface area contributed by atoms with Crippen molar-refractivity contribution in [3.05, 3.63) is 80.5 Å². The van der Waals surface area contributed by atoms with Crippen LogP contribution in [0.3, 0.4) is 0 Å². The number of thiazole rings is 1. The summed E-state index contributed by atoms with van der Waals surface area (Å²) in [5.41, 5.74) is 0.945. The largest absolute Gasteiger partial charge is 0.506 e. The smallest absolute Gasteiger partial charge is 0.338 e. The molecule has 0 aliphatic carbocycles. The number of carbonyl (C=O) groups excluding carboxylic acids is 1. The summed E-state index contributed by atoms with van der Waals surface area (Å²) < 4.78 is 7.56. The predicted octanol–water partition coefficient (Wildman–Crippen LogP) is 3.98. The van der Waals surface area contributed by atoms with Crippen molar-refractivity contribution in [3.63, 3.8) is 0 Å². The number of halogens is 2. The molecule has 0 bridgehead atoms. The molecule has 1 atom stereocenters. The van der Waals surface area contributed by atoms with E-state index in [2.05, 4.69) is 20.9 Å². The second-order valence-electron chi connectivity index (χ2n) is 6.64. The predicted molar refractivity (Wildman–Crippen MR) is 126 cm³/mol. The number of carbonyl (C=O) groups is 1. The second kappa shape index (κ2) is 8.74. The fraction of sp³-hybridized carbons (Fsp3) is 0.190. The first-order valence-corrected chi connectivity index (χ1v) is 12.1. The lowest BCUT2D eigenvalue weighted by Gasteiger charge is -2.23. The molecule has 0 unspecified atom stereocenters. The SMILES string of the molecule is CCOC(=O)C1=C(C)N=c2s/c(=C\c3cc(Cl)cc(Br)c3O)c(=O)n2[C@H]1c1cccs1. The highest BCUT2D eigenvalue weighted by Gasteiger charge is 2.33. The molecule has 0 radical (unpaired) electrons. The Labute approximate surface area is 198 Å². The monoisotopic (exact) mass is 538 g/mol. The summed E-state index contributed by atoms with van der Waals surface area (Å²) in [7, 11) is 0. The van der Waals surface area contributed by atoms with E-state index in [9.17, 15) is 14.7 Å². The van der Waals surface area contributed by atoms with E-state index in [1.165, 1.54) is 27.2 Å². The van der Waals surface area contributed by atoms with Crippen LogP contribution in [-0.4, -0.2) is 22.2 Å². The first-order valence-electron chi connectivity index (χ1n) is 9.23. The molecule has 160 valence electrons. The molecule has 1 aromatic carbocycles. The quantitative estimate of drug-likeness (QED) is 0.509. The van der Waals surface area contributed by atoms with Gasteiger partial charge in [-0.15, -0.1) is 11.3 Å². The number of aromatic hydroxyl groups is 1. The van der Waals surface area contributed by atoms with Crippen molar-refractivity contribution in [1.29, 1.82) is 0 Å². The minimum atomic E-state index is -0.628. The molecule has 31 heavy (non-hydrogen) atoms. The Morgan fingerprint density at radius 3 is 2.90 bits per heavy atom. The lowest BCUT2D eigenvalue weighted by molar-refractivity contribution is -0.139. The minimum Gasteiger partial charge on any atom is -0.506 e. The number of esters is 1. The second-order valence-corrected chi connectivity index (χ2v) is 9.92. The number of ether oxygens (including phenoxy) is 1. The standard InChI is InChI=1S/C21H16BrClN2O4S2/c1-3-29-20(28)16-10(2)24-21-25(17(16)14-5-4-6-30-14)19(27)15(31-21)8-11-7-12(23)9-13(22)18(11)26/h4-9,17,26H,3H2,1-2H3/b15-8-/t17-/m0/s1. The third-order valence-corrected chi connectivity index (χ3v) is 7.40. The van der Waals surface area contributed by atoms with Crippen LogP contribution >= 0.6 is 50.2 Å². The molecule has 10 heteroatoms. The number of thiophene rings is 1. The molecule has 4 rings (SSSR count). The maximum atomic E-state index is 13.4. The first-order chi connectivity index (χ1) is 14.8. The summed E-state index contributed by atoms with van der Waals surface area (Å²) in [5.74, 6) is -0.513. The minimum absolute atomic E-state index is 0.0200. The van der Waals surface area contributed by atoms with Crippen LogP contribution in [0.1, 0.15) is 30.3 Å². The molecule has 0 saturated heterocycles. The zero-order valence-corrected chi connectivity index (χ0v) is 20.4. The highest BCUT2D eigenvalue weighted by atomic mass is 79.9. The van der Waals surface area contributed by atoms with Crippen molar-refractivity contribution in [2.75, 3.05) is 6.61 Å². The third-order valence-electron chi connectivity index (χ3n) is 4.67. The van der Waals surface area contributed by atoms with Crippen molar-refractivity contribution < 1.29 is 14.6 Å². The maximum Gasteiger partial charge on any atom is 0.338 e. The molecule has 6 nitrogen and oxygen atoms in total. The van der Waals surface area contributed by atoms with Gasteiger partial charge in [-0.1, -0.05) is 29.0 Å². The van der Waals surface area contributed by atoms with E-state index in [0.717, 1.165) is 4.88 Å². The number of phenolic OH excluding ortho intramolecular Hbond substituents is 1. The fourth-order valence-corrected chi connectivity index (χ4v) is 6.04. The molecule has 3 heterocycles. The molecule has 1 aliphatic rings. The number of hydrogen-bond acceptors (Lipinski definition) is 7. The zero-order valence-electron chi connectivity index (χ0n) is 16.4. The number of allylic oxidation sites excluding steroid dienone is 1. The van der Waals surface area contributed by atoms with Gasteiger partial charge in [0.05, 0.1) is 26.9 Å². The summed E-state index contributed by atoms with van der Waals surface area (Å²) in [6, 6.07) is 6.27. The van der Waals surface area contributed by atoms with Crippen LogP contribution < -0.4 is 14.9 Å². The van der Waals surface area contributed by atoms with Crippen molar-refractivity contribution in [2.24, 2.45) is 4.99 Å². The Kier molecular flexibility index (Phi) is 6.20. The topological polar surface area (TPSA) is 80.9 Å². The fourth-order valence-electron chi connectivity index (χ4n) is 3.34. The molecule has 0 fully saturated rings. The van der Waals surface area contributed by atoms with Crippen LogP contribution in [0.25, 0.3) is 6.08 Å². The number of nitrogens with zero attached hydrogens (tertiary/aromatic N) is 2. The Morgan fingerprint density at radius 2 is 2.23 bits per heavy atom. The molecular weight excluding hydrogens is 524 g/mol. The average molecular weight is 540 g/mol. The van der Waals surface area contributed by atoms with Gasteiger partial charge in [0.15, 0.2) is 4.80 Å². The van der Waals surface area contributed by atoms with Crippen molar-refractivity contribution in [3.8, 4) is 5.75 Å². The van der Waals surface area contributed by atoms with E-state index in [1.54, 1.807) is 32.1 Å². The van der Waals surface area contributed by atoms with Crippen LogP contribution in [0.5, 0.6) is 5.75 Å².